The van der Waals surface area contributed by atoms with Gasteiger partial charge in [0.05, 0.1) is 0 Å². The maximum absolute atomic E-state index is 2.59. The maximum atomic E-state index is 2.59. The number of benzene rings is 4. The summed E-state index contributed by atoms with van der Waals surface area (Å²) in [5.74, 6) is 1.10. The monoisotopic (exact) mass is 537 g/mol. The van der Waals surface area contributed by atoms with Crippen LogP contribution in [-0.2, 0) is 6.42 Å². The Bertz CT molecular complexity index is 1960. The van der Waals surface area contributed by atoms with Crippen LogP contribution in [0.1, 0.15) is 66.2 Å². The van der Waals surface area contributed by atoms with Crippen LogP contribution < -0.4 is 21.3 Å². The number of fused-ring (bicyclic) bond motifs is 5. The van der Waals surface area contributed by atoms with E-state index in [0.717, 1.165) is 6.42 Å². The normalized spacial score (nSPS) is 20.4. The molecule has 42 heavy (non-hydrogen) atoms. The van der Waals surface area contributed by atoms with Gasteiger partial charge in [0.15, 0.2) is 0 Å². The highest BCUT2D eigenvalue weighted by Crippen LogP contribution is 2.49. The fourth-order valence-corrected chi connectivity index (χ4v) is 9.11. The zero-order valence-corrected chi connectivity index (χ0v) is 23.8. The second-order valence-corrected chi connectivity index (χ2v) is 13.1. The number of hydrogen-bond acceptors (Lipinski definition) is 1. The smallest absolute Gasteiger partial charge is 0.248 e. The van der Waals surface area contributed by atoms with Gasteiger partial charge in [-0.15, -0.1) is 0 Å². The van der Waals surface area contributed by atoms with Crippen LogP contribution in [-0.4, -0.2) is 6.71 Å². The largest absolute Gasteiger partial charge is 0.311 e. The molecule has 4 aliphatic carbocycles. The third kappa shape index (κ3) is 3.10. The highest BCUT2D eigenvalue weighted by Gasteiger charge is 2.43. The van der Waals surface area contributed by atoms with Crippen LogP contribution in [0.15, 0.2) is 114 Å². The minimum Gasteiger partial charge on any atom is -0.311 e. The van der Waals surface area contributed by atoms with E-state index in [4.69, 9.17) is 0 Å². The molecule has 0 radical (unpaired) electrons. The summed E-state index contributed by atoms with van der Waals surface area (Å²) in [5.41, 5.74) is 20.0. The van der Waals surface area contributed by atoms with Crippen LogP contribution in [0.2, 0.25) is 0 Å². The fourth-order valence-electron chi connectivity index (χ4n) is 9.11. The Morgan fingerprint density at radius 1 is 0.714 bits per heavy atom. The highest BCUT2D eigenvalue weighted by atomic mass is 15.2. The molecule has 1 fully saturated rings. The number of rotatable bonds is 2. The molecule has 6 aliphatic rings. The van der Waals surface area contributed by atoms with E-state index >= 15 is 0 Å². The topological polar surface area (TPSA) is 3.24 Å². The van der Waals surface area contributed by atoms with Crippen molar-refractivity contribution in [2.45, 2.75) is 50.4 Å². The summed E-state index contributed by atoms with van der Waals surface area (Å²) in [5, 5.41) is 0. The lowest BCUT2D eigenvalue weighted by Crippen LogP contribution is -2.54. The van der Waals surface area contributed by atoms with Gasteiger partial charge in [-0.2, -0.15) is 0 Å². The molecule has 2 heterocycles. The molecule has 0 spiro atoms. The maximum Gasteiger partial charge on any atom is 0.248 e. The van der Waals surface area contributed by atoms with Crippen molar-refractivity contribution in [2.75, 3.05) is 4.90 Å². The summed E-state index contributed by atoms with van der Waals surface area (Å²) in [6, 6.07) is 28.6. The van der Waals surface area contributed by atoms with Crippen LogP contribution in [0.4, 0.5) is 17.1 Å². The van der Waals surface area contributed by atoms with Gasteiger partial charge in [0.2, 0.25) is 6.71 Å². The number of hydrogen-bond donors (Lipinski definition) is 0. The number of nitrogens with zero attached hydrogens (tertiary/aromatic N) is 1. The van der Waals surface area contributed by atoms with E-state index in [1.54, 1.807) is 5.56 Å². The van der Waals surface area contributed by atoms with Crippen LogP contribution in [0.25, 0.3) is 17.2 Å². The van der Waals surface area contributed by atoms with Crippen molar-refractivity contribution in [3.05, 3.63) is 137 Å². The molecule has 1 atom stereocenters. The second kappa shape index (κ2) is 8.61. The molecule has 2 heteroatoms. The Morgan fingerprint density at radius 3 is 2.57 bits per heavy atom. The van der Waals surface area contributed by atoms with Crippen molar-refractivity contribution in [2.24, 2.45) is 0 Å². The minimum absolute atomic E-state index is 0.297. The van der Waals surface area contributed by atoms with Crippen molar-refractivity contribution in [3.8, 4) is 11.1 Å². The molecule has 1 unspecified atom stereocenters. The van der Waals surface area contributed by atoms with Crippen LogP contribution >= 0.6 is 0 Å². The van der Waals surface area contributed by atoms with Crippen molar-refractivity contribution in [1.82, 2.24) is 0 Å². The first-order valence-corrected chi connectivity index (χ1v) is 15.9. The standard InChI is InChI=1S/C40H32BN/c1-2-8-25(9-3-1)28-20-21-32-33-12-7-15-37-40(33)41(35(32)24-28)34-13-4-5-14-36(34)42(37)31-22-29-18-16-26-10-6-11-27-17-19-30(23-31)39(29)38(26)27/h4-7,10-18,20-25,38H,1-3,8-9,19H2. The lowest BCUT2D eigenvalue weighted by Gasteiger charge is -2.38. The molecule has 1 nitrogen and oxygen atoms in total. The van der Waals surface area contributed by atoms with E-state index in [2.05, 4.69) is 114 Å². The quantitative estimate of drug-likeness (QED) is 0.202. The van der Waals surface area contributed by atoms with Gasteiger partial charge in [0.1, 0.15) is 0 Å². The molecule has 0 N–H and O–H groups in total. The third-order valence-electron chi connectivity index (χ3n) is 10.9. The van der Waals surface area contributed by atoms with Gasteiger partial charge in [-0.1, -0.05) is 110 Å². The van der Waals surface area contributed by atoms with Gasteiger partial charge < -0.3 is 4.90 Å². The Morgan fingerprint density at radius 2 is 1.62 bits per heavy atom. The van der Waals surface area contributed by atoms with E-state index in [0.29, 0.717) is 18.5 Å². The van der Waals surface area contributed by atoms with Crippen LogP contribution in [0, 0.1) is 0 Å². The van der Waals surface area contributed by atoms with Crippen LogP contribution in [0.5, 0.6) is 0 Å². The van der Waals surface area contributed by atoms with Crippen molar-refractivity contribution >= 4 is 46.2 Å². The van der Waals surface area contributed by atoms with Crippen molar-refractivity contribution in [1.29, 1.82) is 0 Å². The summed E-state index contributed by atoms with van der Waals surface area (Å²) in [6.07, 6.45) is 21.8. The van der Waals surface area contributed by atoms with Gasteiger partial charge in [-0.3, -0.25) is 0 Å². The lowest BCUT2D eigenvalue weighted by molar-refractivity contribution is 0.444. The van der Waals surface area contributed by atoms with Crippen molar-refractivity contribution in [3.63, 3.8) is 0 Å². The molecule has 0 amide bonds. The molecule has 200 valence electrons. The van der Waals surface area contributed by atoms with Crippen molar-refractivity contribution < 1.29 is 0 Å². The van der Waals surface area contributed by atoms with Gasteiger partial charge in [-0.05, 0) is 105 Å². The average Bonchev–Trinajstić information content (AvgIpc) is 3.39. The zero-order valence-electron chi connectivity index (χ0n) is 23.8. The molecular weight excluding hydrogens is 505 g/mol. The second-order valence-electron chi connectivity index (χ2n) is 13.1. The lowest BCUT2D eigenvalue weighted by atomic mass is 9.37. The predicted molar refractivity (Wildman–Crippen MR) is 178 cm³/mol. The highest BCUT2D eigenvalue weighted by molar-refractivity contribution is 7.01. The molecule has 10 rings (SSSR count). The number of allylic oxidation sites excluding steroid dienone is 7. The summed E-state index contributed by atoms with van der Waals surface area (Å²) in [6.45, 7) is 0.297. The Balaban J connectivity index is 1.16. The fraction of sp³-hybridized carbons (Fsp3) is 0.200. The third-order valence-corrected chi connectivity index (χ3v) is 10.9. The van der Waals surface area contributed by atoms with Gasteiger partial charge in [0.25, 0.3) is 0 Å². The number of para-hydroxylation sites is 1. The molecule has 4 aromatic rings. The van der Waals surface area contributed by atoms with E-state index < -0.39 is 0 Å². The molecular formula is C40H32BN. The number of anilines is 3. The molecule has 4 aromatic carbocycles. The summed E-state index contributed by atoms with van der Waals surface area (Å²) in [4.78, 5) is 2.56. The average molecular weight is 538 g/mol. The first-order chi connectivity index (χ1) is 20.8. The summed E-state index contributed by atoms with van der Waals surface area (Å²) in [7, 11) is 0. The Kier molecular flexibility index (Phi) is 4.78. The van der Waals surface area contributed by atoms with E-state index in [1.165, 1.54) is 105 Å². The van der Waals surface area contributed by atoms with E-state index in [-0.39, 0.29) is 0 Å². The van der Waals surface area contributed by atoms with Gasteiger partial charge in [0, 0.05) is 23.0 Å². The Hall–Kier alpha value is -4.30. The Labute approximate surface area is 248 Å². The minimum atomic E-state index is 0.297. The van der Waals surface area contributed by atoms with E-state index in [1.807, 2.05) is 0 Å². The summed E-state index contributed by atoms with van der Waals surface area (Å²) < 4.78 is 0. The van der Waals surface area contributed by atoms with Gasteiger partial charge >= 0.3 is 0 Å². The molecule has 1 saturated carbocycles. The molecule has 0 aromatic heterocycles. The van der Waals surface area contributed by atoms with Gasteiger partial charge in [-0.25, -0.2) is 0 Å². The summed E-state index contributed by atoms with van der Waals surface area (Å²) >= 11 is 0. The molecule has 2 aliphatic heterocycles. The molecule has 0 saturated heterocycles. The first kappa shape index (κ1) is 23.3. The SMILES string of the molecule is C1=CC2=CCc3cc(N4c5ccccc5B5c6cc(C7CCCCC7)ccc6-c6cccc4c65)cc4c3C2C(=C1)C=C4. The first-order valence-electron chi connectivity index (χ1n) is 15.9. The zero-order chi connectivity index (χ0) is 27.4. The predicted octanol–water partition coefficient (Wildman–Crippen LogP) is 8.10. The molecule has 0 bridgehead atoms. The van der Waals surface area contributed by atoms with E-state index in [9.17, 15) is 0 Å². The van der Waals surface area contributed by atoms with Crippen LogP contribution in [0.3, 0.4) is 0 Å².